The molecule has 0 unspecified atom stereocenters. The Bertz CT molecular complexity index is 791. The molecule has 0 bridgehead atoms. The molecular formula is C16H11ClN4O. The van der Waals surface area contributed by atoms with Crippen LogP contribution in [0.1, 0.15) is 10.4 Å². The van der Waals surface area contributed by atoms with Crippen molar-refractivity contribution in [2.75, 3.05) is 5.32 Å². The van der Waals surface area contributed by atoms with Gasteiger partial charge in [0.15, 0.2) is 5.82 Å². The molecule has 0 spiro atoms. The van der Waals surface area contributed by atoms with Crippen molar-refractivity contribution in [2.24, 2.45) is 0 Å². The number of amides is 1. The standard InChI is InChI=1S/C16H11ClN4O/c17-14-8-12(6-7-18-14)16(22)21-13-9-19-15(20-10-13)11-4-2-1-3-5-11/h1-10H,(H,21,22). The minimum Gasteiger partial charge on any atom is -0.319 e. The highest BCUT2D eigenvalue weighted by atomic mass is 35.5. The lowest BCUT2D eigenvalue weighted by Crippen LogP contribution is -2.12. The number of pyridine rings is 1. The van der Waals surface area contributed by atoms with Crippen molar-refractivity contribution in [3.63, 3.8) is 0 Å². The molecule has 0 radical (unpaired) electrons. The number of anilines is 1. The third kappa shape index (κ3) is 3.27. The number of carbonyl (C=O) groups excluding carboxylic acids is 1. The van der Waals surface area contributed by atoms with Gasteiger partial charge in [0.2, 0.25) is 0 Å². The molecule has 3 rings (SSSR count). The summed E-state index contributed by atoms with van der Waals surface area (Å²) in [6.07, 6.45) is 4.61. The molecule has 0 aliphatic carbocycles. The third-order valence-electron chi connectivity index (χ3n) is 2.93. The van der Waals surface area contributed by atoms with E-state index >= 15 is 0 Å². The zero-order valence-electron chi connectivity index (χ0n) is 11.4. The maximum absolute atomic E-state index is 12.1. The van der Waals surface area contributed by atoms with Gasteiger partial charge in [-0.1, -0.05) is 41.9 Å². The van der Waals surface area contributed by atoms with Crippen molar-refractivity contribution in [1.29, 1.82) is 0 Å². The number of hydrogen-bond donors (Lipinski definition) is 1. The van der Waals surface area contributed by atoms with Gasteiger partial charge < -0.3 is 5.32 Å². The highest BCUT2D eigenvalue weighted by molar-refractivity contribution is 6.29. The lowest BCUT2D eigenvalue weighted by Gasteiger charge is -2.05. The lowest BCUT2D eigenvalue weighted by atomic mass is 10.2. The second-order valence-electron chi connectivity index (χ2n) is 4.48. The van der Waals surface area contributed by atoms with E-state index < -0.39 is 0 Å². The van der Waals surface area contributed by atoms with Crippen molar-refractivity contribution < 1.29 is 4.79 Å². The summed E-state index contributed by atoms with van der Waals surface area (Å²) in [6, 6.07) is 12.7. The Morgan fingerprint density at radius 2 is 1.73 bits per heavy atom. The first-order valence-electron chi connectivity index (χ1n) is 6.53. The fourth-order valence-electron chi connectivity index (χ4n) is 1.88. The van der Waals surface area contributed by atoms with E-state index in [1.165, 1.54) is 12.3 Å². The van der Waals surface area contributed by atoms with Gasteiger partial charge in [0.05, 0.1) is 18.1 Å². The number of aromatic nitrogens is 3. The maximum atomic E-state index is 12.1. The van der Waals surface area contributed by atoms with E-state index in [9.17, 15) is 4.79 Å². The van der Waals surface area contributed by atoms with E-state index in [0.29, 0.717) is 17.1 Å². The SMILES string of the molecule is O=C(Nc1cnc(-c2ccccc2)nc1)c1ccnc(Cl)c1. The fourth-order valence-corrected chi connectivity index (χ4v) is 2.05. The molecule has 0 fully saturated rings. The molecule has 1 N–H and O–H groups in total. The van der Waals surface area contributed by atoms with Gasteiger partial charge in [0.1, 0.15) is 5.15 Å². The summed E-state index contributed by atoms with van der Waals surface area (Å²) in [4.78, 5) is 24.4. The van der Waals surface area contributed by atoms with E-state index in [-0.39, 0.29) is 11.1 Å². The lowest BCUT2D eigenvalue weighted by molar-refractivity contribution is 0.102. The fraction of sp³-hybridized carbons (Fsp3) is 0. The van der Waals surface area contributed by atoms with E-state index in [4.69, 9.17) is 11.6 Å². The van der Waals surface area contributed by atoms with E-state index in [1.807, 2.05) is 30.3 Å². The Labute approximate surface area is 132 Å². The second-order valence-corrected chi connectivity index (χ2v) is 4.87. The molecule has 2 aromatic heterocycles. The van der Waals surface area contributed by atoms with Gasteiger partial charge in [0, 0.05) is 17.3 Å². The predicted octanol–water partition coefficient (Wildman–Crippen LogP) is 3.44. The molecule has 6 heteroatoms. The van der Waals surface area contributed by atoms with Crippen LogP contribution in [-0.2, 0) is 0 Å². The zero-order valence-corrected chi connectivity index (χ0v) is 12.2. The number of halogens is 1. The normalized spacial score (nSPS) is 10.2. The second kappa shape index (κ2) is 6.32. The molecule has 2 heterocycles. The summed E-state index contributed by atoms with van der Waals surface area (Å²) in [5.41, 5.74) is 1.85. The van der Waals surface area contributed by atoms with Crippen molar-refractivity contribution in [2.45, 2.75) is 0 Å². The highest BCUT2D eigenvalue weighted by Crippen LogP contribution is 2.15. The summed E-state index contributed by atoms with van der Waals surface area (Å²) in [5, 5.41) is 2.98. The van der Waals surface area contributed by atoms with Crippen LogP contribution in [0.5, 0.6) is 0 Å². The molecule has 1 amide bonds. The Morgan fingerprint density at radius 3 is 2.41 bits per heavy atom. The summed E-state index contributed by atoms with van der Waals surface area (Å²) >= 11 is 5.76. The quantitative estimate of drug-likeness (QED) is 0.752. The topological polar surface area (TPSA) is 67.8 Å². The predicted molar refractivity (Wildman–Crippen MR) is 84.7 cm³/mol. The smallest absolute Gasteiger partial charge is 0.255 e. The molecule has 0 aliphatic rings. The molecule has 5 nitrogen and oxygen atoms in total. The number of carbonyl (C=O) groups is 1. The molecule has 0 saturated carbocycles. The Balaban J connectivity index is 1.75. The Morgan fingerprint density at radius 1 is 1.00 bits per heavy atom. The summed E-state index contributed by atoms with van der Waals surface area (Å²) in [6.45, 7) is 0. The van der Waals surface area contributed by atoms with Crippen molar-refractivity contribution in [3.8, 4) is 11.4 Å². The van der Waals surface area contributed by atoms with Gasteiger partial charge >= 0.3 is 0 Å². The molecule has 1 aromatic carbocycles. The van der Waals surface area contributed by atoms with Gasteiger partial charge in [-0.3, -0.25) is 4.79 Å². The van der Waals surface area contributed by atoms with Crippen LogP contribution in [0.25, 0.3) is 11.4 Å². The van der Waals surface area contributed by atoms with Crippen molar-refractivity contribution in [3.05, 3.63) is 71.8 Å². The van der Waals surface area contributed by atoms with Crippen LogP contribution in [0, 0.1) is 0 Å². The molecule has 0 saturated heterocycles. The van der Waals surface area contributed by atoms with E-state index in [2.05, 4.69) is 20.3 Å². The third-order valence-corrected chi connectivity index (χ3v) is 3.14. The first kappa shape index (κ1) is 14.2. The number of nitrogens with zero attached hydrogens (tertiary/aromatic N) is 3. The molecular weight excluding hydrogens is 300 g/mol. The molecule has 0 aliphatic heterocycles. The first-order valence-corrected chi connectivity index (χ1v) is 6.90. The van der Waals surface area contributed by atoms with Crippen LogP contribution in [0.2, 0.25) is 5.15 Å². The van der Waals surface area contributed by atoms with E-state index in [1.54, 1.807) is 18.5 Å². The van der Waals surface area contributed by atoms with Gasteiger partial charge in [-0.2, -0.15) is 0 Å². The average molecular weight is 311 g/mol. The van der Waals surface area contributed by atoms with Crippen LogP contribution < -0.4 is 5.32 Å². The number of nitrogens with one attached hydrogen (secondary N) is 1. The monoisotopic (exact) mass is 310 g/mol. The average Bonchev–Trinajstić information content (AvgIpc) is 2.56. The number of rotatable bonds is 3. The Kier molecular flexibility index (Phi) is 4.07. The van der Waals surface area contributed by atoms with Gasteiger partial charge in [-0.05, 0) is 12.1 Å². The van der Waals surface area contributed by atoms with Crippen LogP contribution in [0.15, 0.2) is 61.1 Å². The Hall–Kier alpha value is -2.79. The minimum atomic E-state index is -0.291. The number of benzene rings is 1. The van der Waals surface area contributed by atoms with Crippen molar-refractivity contribution >= 4 is 23.2 Å². The van der Waals surface area contributed by atoms with Crippen LogP contribution in [0.3, 0.4) is 0 Å². The molecule has 22 heavy (non-hydrogen) atoms. The summed E-state index contributed by atoms with van der Waals surface area (Å²) < 4.78 is 0. The van der Waals surface area contributed by atoms with Crippen LogP contribution in [-0.4, -0.2) is 20.9 Å². The minimum absolute atomic E-state index is 0.267. The summed E-state index contributed by atoms with van der Waals surface area (Å²) in [7, 11) is 0. The van der Waals surface area contributed by atoms with Gasteiger partial charge in [0.25, 0.3) is 5.91 Å². The first-order chi connectivity index (χ1) is 10.7. The molecule has 0 atom stereocenters. The van der Waals surface area contributed by atoms with Gasteiger partial charge in [-0.15, -0.1) is 0 Å². The van der Waals surface area contributed by atoms with Crippen LogP contribution >= 0.6 is 11.6 Å². The highest BCUT2D eigenvalue weighted by Gasteiger charge is 2.08. The number of hydrogen-bond acceptors (Lipinski definition) is 4. The maximum Gasteiger partial charge on any atom is 0.255 e. The van der Waals surface area contributed by atoms with Gasteiger partial charge in [-0.25, -0.2) is 15.0 Å². The van der Waals surface area contributed by atoms with Crippen LogP contribution in [0.4, 0.5) is 5.69 Å². The summed E-state index contributed by atoms with van der Waals surface area (Å²) in [5.74, 6) is 0.311. The zero-order chi connectivity index (χ0) is 15.4. The van der Waals surface area contributed by atoms with E-state index in [0.717, 1.165) is 5.56 Å². The molecule has 3 aromatic rings. The van der Waals surface area contributed by atoms with Crippen molar-refractivity contribution in [1.82, 2.24) is 15.0 Å². The largest absolute Gasteiger partial charge is 0.319 e. The molecule has 108 valence electrons.